The van der Waals surface area contributed by atoms with Crippen LogP contribution in [-0.4, -0.2) is 43.2 Å². The summed E-state index contributed by atoms with van der Waals surface area (Å²) < 4.78 is 5.50. The number of carbonyl (C=O) groups excluding carboxylic acids is 1. The zero-order valence-corrected chi connectivity index (χ0v) is 10.4. The predicted octanol–water partition coefficient (Wildman–Crippen LogP) is 1.14. The molecule has 1 fully saturated rings. The number of amides is 1. The minimum Gasteiger partial charge on any atom is -0.376 e. The molecular formula is C12H24N2O2. The average molecular weight is 228 g/mol. The van der Waals surface area contributed by atoms with E-state index in [-0.39, 0.29) is 18.1 Å². The van der Waals surface area contributed by atoms with Crippen molar-refractivity contribution in [3.63, 3.8) is 0 Å². The van der Waals surface area contributed by atoms with E-state index in [0.717, 1.165) is 38.7 Å². The molecule has 0 aromatic heterocycles. The minimum absolute atomic E-state index is 0.0453. The molecule has 0 aromatic carbocycles. The van der Waals surface area contributed by atoms with Crippen LogP contribution in [0.5, 0.6) is 0 Å². The molecule has 1 aliphatic rings. The van der Waals surface area contributed by atoms with Crippen LogP contribution in [0.1, 0.15) is 39.0 Å². The Morgan fingerprint density at radius 1 is 1.62 bits per heavy atom. The molecule has 0 saturated carbocycles. The Morgan fingerprint density at radius 2 is 2.38 bits per heavy atom. The molecule has 94 valence electrons. The summed E-state index contributed by atoms with van der Waals surface area (Å²) in [5, 5.41) is 0. The van der Waals surface area contributed by atoms with Gasteiger partial charge in [-0.3, -0.25) is 4.79 Å². The topological polar surface area (TPSA) is 55.6 Å². The highest BCUT2D eigenvalue weighted by atomic mass is 16.5. The number of nitrogens with two attached hydrogens (primary N) is 1. The quantitative estimate of drug-likeness (QED) is 0.741. The van der Waals surface area contributed by atoms with Crippen molar-refractivity contribution in [3.8, 4) is 0 Å². The zero-order valence-electron chi connectivity index (χ0n) is 10.4. The third-order valence-electron chi connectivity index (χ3n) is 3.06. The molecule has 1 aliphatic heterocycles. The maximum Gasteiger partial charge on any atom is 0.239 e. The Labute approximate surface area is 98.1 Å². The van der Waals surface area contributed by atoms with Gasteiger partial charge < -0.3 is 15.4 Å². The summed E-state index contributed by atoms with van der Waals surface area (Å²) in [5.41, 5.74) is 5.85. The van der Waals surface area contributed by atoms with Crippen LogP contribution < -0.4 is 5.73 Å². The molecule has 1 heterocycles. The number of unbranched alkanes of at least 4 members (excludes halogenated alkanes) is 1. The van der Waals surface area contributed by atoms with E-state index < -0.39 is 0 Å². The van der Waals surface area contributed by atoms with Crippen LogP contribution in [0.3, 0.4) is 0 Å². The van der Waals surface area contributed by atoms with Gasteiger partial charge in [-0.15, -0.1) is 0 Å². The van der Waals surface area contributed by atoms with Gasteiger partial charge in [0.2, 0.25) is 5.91 Å². The minimum atomic E-state index is -0.341. The largest absolute Gasteiger partial charge is 0.376 e. The molecule has 1 amide bonds. The van der Waals surface area contributed by atoms with Crippen molar-refractivity contribution in [2.45, 2.75) is 51.2 Å². The molecule has 2 atom stereocenters. The predicted molar refractivity (Wildman–Crippen MR) is 64.1 cm³/mol. The van der Waals surface area contributed by atoms with Gasteiger partial charge in [0, 0.05) is 20.2 Å². The molecule has 16 heavy (non-hydrogen) atoms. The van der Waals surface area contributed by atoms with Gasteiger partial charge >= 0.3 is 0 Å². The lowest BCUT2D eigenvalue weighted by atomic mass is 10.1. The van der Waals surface area contributed by atoms with Gasteiger partial charge in [-0.2, -0.15) is 0 Å². The Hall–Kier alpha value is -0.610. The van der Waals surface area contributed by atoms with Gasteiger partial charge in [0.1, 0.15) is 0 Å². The molecule has 2 unspecified atom stereocenters. The van der Waals surface area contributed by atoms with E-state index in [1.54, 1.807) is 4.90 Å². The number of hydrogen-bond acceptors (Lipinski definition) is 3. The summed E-state index contributed by atoms with van der Waals surface area (Å²) >= 11 is 0. The number of likely N-dealkylation sites (N-methyl/N-ethyl adjacent to an activating group) is 1. The number of hydrogen-bond donors (Lipinski definition) is 1. The van der Waals surface area contributed by atoms with Crippen LogP contribution in [-0.2, 0) is 9.53 Å². The molecule has 1 rings (SSSR count). The van der Waals surface area contributed by atoms with Gasteiger partial charge in [0.05, 0.1) is 12.1 Å². The fourth-order valence-electron chi connectivity index (χ4n) is 2.01. The molecule has 4 nitrogen and oxygen atoms in total. The second-order valence-electron chi connectivity index (χ2n) is 4.60. The van der Waals surface area contributed by atoms with Gasteiger partial charge in [0.15, 0.2) is 0 Å². The maximum atomic E-state index is 11.9. The number of nitrogens with zero attached hydrogens (tertiary/aromatic N) is 1. The zero-order chi connectivity index (χ0) is 12.0. The van der Waals surface area contributed by atoms with Crippen LogP contribution >= 0.6 is 0 Å². The molecule has 0 radical (unpaired) electrons. The lowest BCUT2D eigenvalue weighted by Gasteiger charge is -2.23. The molecule has 0 bridgehead atoms. The van der Waals surface area contributed by atoms with E-state index in [4.69, 9.17) is 10.5 Å². The smallest absolute Gasteiger partial charge is 0.239 e. The van der Waals surface area contributed by atoms with Crippen LogP contribution in [0.25, 0.3) is 0 Å². The van der Waals surface area contributed by atoms with Gasteiger partial charge in [-0.05, 0) is 19.3 Å². The van der Waals surface area contributed by atoms with Crippen molar-refractivity contribution in [1.82, 2.24) is 4.90 Å². The summed E-state index contributed by atoms with van der Waals surface area (Å²) in [6.45, 7) is 3.61. The first-order valence-corrected chi connectivity index (χ1v) is 6.27. The SMILES string of the molecule is CCCCC(N)C(=O)N(C)CC1CCCO1. The van der Waals surface area contributed by atoms with E-state index in [2.05, 4.69) is 6.92 Å². The molecule has 0 aliphatic carbocycles. The van der Waals surface area contributed by atoms with Crippen molar-refractivity contribution in [3.05, 3.63) is 0 Å². The highest BCUT2D eigenvalue weighted by Gasteiger charge is 2.22. The van der Waals surface area contributed by atoms with Crippen molar-refractivity contribution >= 4 is 5.91 Å². The van der Waals surface area contributed by atoms with E-state index in [9.17, 15) is 4.79 Å². The third-order valence-corrected chi connectivity index (χ3v) is 3.06. The van der Waals surface area contributed by atoms with E-state index in [1.165, 1.54) is 0 Å². The van der Waals surface area contributed by atoms with Crippen molar-refractivity contribution in [2.24, 2.45) is 5.73 Å². The molecule has 1 saturated heterocycles. The van der Waals surface area contributed by atoms with Crippen molar-refractivity contribution in [1.29, 1.82) is 0 Å². The summed E-state index contributed by atoms with van der Waals surface area (Å²) in [6, 6.07) is -0.341. The Balaban J connectivity index is 2.28. The number of carbonyl (C=O) groups is 1. The first-order valence-electron chi connectivity index (χ1n) is 6.27. The Bertz CT molecular complexity index is 215. The number of rotatable bonds is 6. The van der Waals surface area contributed by atoms with Gasteiger partial charge in [-0.25, -0.2) is 0 Å². The second kappa shape index (κ2) is 6.86. The summed E-state index contributed by atoms with van der Waals surface area (Å²) in [5.74, 6) is 0.0453. The van der Waals surface area contributed by atoms with Crippen LogP contribution in [0.2, 0.25) is 0 Å². The molecule has 0 aromatic rings. The van der Waals surface area contributed by atoms with E-state index >= 15 is 0 Å². The van der Waals surface area contributed by atoms with Gasteiger partial charge in [-0.1, -0.05) is 19.8 Å². The Kier molecular flexibility index (Phi) is 5.77. The summed E-state index contributed by atoms with van der Waals surface area (Å²) in [6.07, 6.45) is 5.26. The molecule has 4 heteroatoms. The Morgan fingerprint density at radius 3 is 2.94 bits per heavy atom. The first-order chi connectivity index (χ1) is 7.65. The fourth-order valence-corrected chi connectivity index (χ4v) is 2.01. The molecular weight excluding hydrogens is 204 g/mol. The highest BCUT2D eigenvalue weighted by molar-refractivity contribution is 5.81. The normalized spacial score (nSPS) is 22.1. The van der Waals surface area contributed by atoms with E-state index in [0.29, 0.717) is 6.54 Å². The molecule has 0 spiro atoms. The van der Waals surface area contributed by atoms with Gasteiger partial charge in [0.25, 0.3) is 0 Å². The van der Waals surface area contributed by atoms with Crippen molar-refractivity contribution < 1.29 is 9.53 Å². The van der Waals surface area contributed by atoms with Crippen molar-refractivity contribution in [2.75, 3.05) is 20.2 Å². The van der Waals surface area contributed by atoms with Crippen LogP contribution in [0.15, 0.2) is 0 Å². The molecule has 2 N–H and O–H groups in total. The highest BCUT2D eigenvalue weighted by Crippen LogP contribution is 2.13. The third kappa shape index (κ3) is 4.10. The number of ether oxygens (including phenoxy) is 1. The lowest BCUT2D eigenvalue weighted by molar-refractivity contribution is -0.132. The monoisotopic (exact) mass is 228 g/mol. The summed E-state index contributed by atoms with van der Waals surface area (Å²) in [7, 11) is 1.82. The second-order valence-corrected chi connectivity index (χ2v) is 4.60. The standard InChI is InChI=1S/C12H24N2O2/c1-3-4-7-11(13)12(15)14(2)9-10-6-5-8-16-10/h10-11H,3-9,13H2,1-2H3. The van der Waals surface area contributed by atoms with Crippen LogP contribution in [0.4, 0.5) is 0 Å². The lowest BCUT2D eigenvalue weighted by Crippen LogP contribution is -2.44. The first kappa shape index (κ1) is 13.5. The summed E-state index contributed by atoms with van der Waals surface area (Å²) in [4.78, 5) is 13.6. The fraction of sp³-hybridized carbons (Fsp3) is 0.917. The maximum absolute atomic E-state index is 11.9. The van der Waals surface area contributed by atoms with E-state index in [1.807, 2.05) is 7.05 Å². The van der Waals surface area contributed by atoms with Crippen LogP contribution in [0, 0.1) is 0 Å². The average Bonchev–Trinajstić information content (AvgIpc) is 2.77.